The van der Waals surface area contributed by atoms with Crippen LogP contribution in [-0.2, 0) is 11.2 Å². The van der Waals surface area contributed by atoms with E-state index in [4.69, 9.17) is 9.47 Å². The van der Waals surface area contributed by atoms with Crippen LogP contribution >= 0.6 is 0 Å². The van der Waals surface area contributed by atoms with Crippen molar-refractivity contribution in [2.45, 2.75) is 44.1 Å². The van der Waals surface area contributed by atoms with Gasteiger partial charge in [0.25, 0.3) is 0 Å². The Kier molecular flexibility index (Phi) is 7.08. The molecule has 7 nitrogen and oxygen atoms in total. The van der Waals surface area contributed by atoms with Crippen LogP contribution in [-0.4, -0.2) is 47.4 Å². The fourth-order valence-corrected chi connectivity index (χ4v) is 4.60. The second kappa shape index (κ2) is 10.7. The molecule has 2 fully saturated rings. The fraction of sp³-hybridized carbons (Fsp3) is 0.407. The van der Waals surface area contributed by atoms with Crippen LogP contribution in [0.1, 0.15) is 54.2 Å². The van der Waals surface area contributed by atoms with E-state index in [-0.39, 0.29) is 6.10 Å². The number of nitriles is 1. The van der Waals surface area contributed by atoms with E-state index < -0.39 is 0 Å². The molecule has 0 unspecified atom stereocenters. The van der Waals surface area contributed by atoms with Gasteiger partial charge in [-0.05, 0) is 61.3 Å². The van der Waals surface area contributed by atoms with Crippen LogP contribution in [0.25, 0.3) is 11.1 Å². The average Bonchev–Trinajstić information content (AvgIpc) is 2.91. The van der Waals surface area contributed by atoms with Gasteiger partial charge in [-0.1, -0.05) is 6.07 Å². The van der Waals surface area contributed by atoms with E-state index in [9.17, 15) is 5.26 Å². The van der Waals surface area contributed by atoms with Crippen molar-refractivity contribution in [2.75, 3.05) is 26.3 Å². The highest BCUT2D eigenvalue weighted by molar-refractivity contribution is 5.67. The maximum atomic E-state index is 9.70. The van der Waals surface area contributed by atoms with Crippen LogP contribution in [0.2, 0.25) is 0 Å². The molecule has 2 aliphatic rings. The predicted molar refractivity (Wildman–Crippen MR) is 129 cm³/mol. The Morgan fingerprint density at radius 3 is 2.53 bits per heavy atom. The molecule has 7 heteroatoms. The van der Waals surface area contributed by atoms with Crippen molar-refractivity contribution in [2.24, 2.45) is 0 Å². The molecule has 4 heterocycles. The van der Waals surface area contributed by atoms with Crippen molar-refractivity contribution in [3.63, 3.8) is 0 Å². The molecule has 5 rings (SSSR count). The summed E-state index contributed by atoms with van der Waals surface area (Å²) in [5.41, 5.74) is 5.42. The topological polar surface area (TPSA) is 93.0 Å². The number of nitrogens with one attached hydrogen (secondary N) is 1. The first kappa shape index (κ1) is 22.5. The van der Waals surface area contributed by atoms with E-state index in [1.165, 1.54) is 0 Å². The smallest absolute Gasteiger partial charge is 0.137 e. The zero-order valence-electron chi connectivity index (χ0n) is 19.2. The minimum atomic E-state index is 0.0986. The zero-order chi connectivity index (χ0) is 23.2. The number of piperidine rings is 1. The van der Waals surface area contributed by atoms with Gasteiger partial charge in [0.1, 0.15) is 17.9 Å². The van der Waals surface area contributed by atoms with Gasteiger partial charge in [0.15, 0.2) is 0 Å². The predicted octanol–water partition coefficient (Wildman–Crippen LogP) is 4.03. The molecule has 34 heavy (non-hydrogen) atoms. The quantitative estimate of drug-likeness (QED) is 0.600. The number of hydrogen-bond donors (Lipinski definition) is 1. The van der Waals surface area contributed by atoms with Gasteiger partial charge < -0.3 is 14.8 Å². The van der Waals surface area contributed by atoms with Gasteiger partial charge in [0, 0.05) is 49.5 Å². The number of rotatable bonds is 6. The van der Waals surface area contributed by atoms with Crippen LogP contribution < -0.4 is 10.1 Å². The maximum absolute atomic E-state index is 9.70. The summed E-state index contributed by atoms with van der Waals surface area (Å²) in [5, 5.41) is 13.1. The second-order valence-corrected chi connectivity index (χ2v) is 8.92. The SMILES string of the molecule is N#Cc1cc(-c2ccnc(Cc3cnc(C4CCNCC4)cn3)c2)ccc1OC1CCOCC1. The molecule has 3 aromatic rings. The van der Waals surface area contributed by atoms with Crippen molar-refractivity contribution in [1.82, 2.24) is 20.3 Å². The molecule has 0 spiro atoms. The lowest BCUT2D eigenvalue weighted by Crippen LogP contribution is -2.27. The Hall–Kier alpha value is -3.34. The normalized spacial score (nSPS) is 17.3. The van der Waals surface area contributed by atoms with Gasteiger partial charge >= 0.3 is 0 Å². The standard InChI is InChI=1S/C27H29N5O2/c28-16-22-13-20(1-2-27(22)34-25-6-11-33-12-7-25)21-5-10-30-23(14-21)15-24-17-32-26(18-31-24)19-3-8-29-9-4-19/h1-2,5,10,13-14,17-19,25,29H,3-4,6-9,11-12,15H2. The Morgan fingerprint density at radius 2 is 1.76 bits per heavy atom. The number of hydrogen-bond acceptors (Lipinski definition) is 7. The molecule has 1 N–H and O–H groups in total. The minimum absolute atomic E-state index is 0.0986. The summed E-state index contributed by atoms with van der Waals surface area (Å²) in [6, 6.07) is 12.1. The highest BCUT2D eigenvalue weighted by atomic mass is 16.5. The summed E-state index contributed by atoms with van der Waals surface area (Å²) in [6.45, 7) is 3.49. The molecule has 2 aromatic heterocycles. The second-order valence-electron chi connectivity index (χ2n) is 8.92. The summed E-state index contributed by atoms with van der Waals surface area (Å²) < 4.78 is 11.5. The van der Waals surface area contributed by atoms with Gasteiger partial charge in [0.2, 0.25) is 0 Å². The van der Waals surface area contributed by atoms with E-state index in [1.54, 1.807) is 6.20 Å². The van der Waals surface area contributed by atoms with Crippen molar-refractivity contribution < 1.29 is 9.47 Å². The highest BCUT2D eigenvalue weighted by Gasteiger charge is 2.18. The van der Waals surface area contributed by atoms with Crippen LogP contribution in [0.15, 0.2) is 48.9 Å². The maximum Gasteiger partial charge on any atom is 0.137 e. The van der Waals surface area contributed by atoms with E-state index in [2.05, 4.69) is 32.4 Å². The van der Waals surface area contributed by atoms with Gasteiger partial charge in [-0.15, -0.1) is 0 Å². The molecular weight excluding hydrogens is 426 g/mol. The monoisotopic (exact) mass is 455 g/mol. The first-order chi connectivity index (χ1) is 16.8. The molecular formula is C27H29N5O2. The van der Waals surface area contributed by atoms with E-state index in [0.717, 1.165) is 67.0 Å². The Labute approximate surface area is 200 Å². The molecule has 2 aliphatic heterocycles. The molecule has 2 saturated heterocycles. The highest BCUT2D eigenvalue weighted by Crippen LogP contribution is 2.29. The summed E-state index contributed by atoms with van der Waals surface area (Å²) >= 11 is 0. The Bertz CT molecular complexity index is 1150. The van der Waals surface area contributed by atoms with Crippen molar-refractivity contribution in [3.8, 4) is 22.9 Å². The van der Waals surface area contributed by atoms with Crippen molar-refractivity contribution in [1.29, 1.82) is 5.26 Å². The van der Waals surface area contributed by atoms with Gasteiger partial charge in [-0.25, -0.2) is 0 Å². The first-order valence-electron chi connectivity index (χ1n) is 12.0. The first-order valence-corrected chi connectivity index (χ1v) is 12.0. The summed E-state index contributed by atoms with van der Waals surface area (Å²) in [6.07, 6.45) is 10.2. The minimum Gasteiger partial charge on any atom is -0.489 e. The number of nitrogens with zero attached hydrogens (tertiary/aromatic N) is 4. The molecule has 0 atom stereocenters. The van der Waals surface area contributed by atoms with Crippen LogP contribution in [0.3, 0.4) is 0 Å². The van der Waals surface area contributed by atoms with E-state index in [0.29, 0.717) is 36.9 Å². The number of ether oxygens (including phenoxy) is 2. The summed E-state index contributed by atoms with van der Waals surface area (Å²) in [5.74, 6) is 1.13. The Morgan fingerprint density at radius 1 is 0.941 bits per heavy atom. The number of aromatic nitrogens is 3. The third kappa shape index (κ3) is 5.41. The number of pyridine rings is 1. The van der Waals surface area contributed by atoms with E-state index in [1.807, 2.05) is 36.7 Å². The largest absolute Gasteiger partial charge is 0.489 e. The van der Waals surface area contributed by atoms with Crippen LogP contribution in [0, 0.1) is 11.3 Å². The molecule has 0 saturated carbocycles. The molecule has 0 aliphatic carbocycles. The summed E-state index contributed by atoms with van der Waals surface area (Å²) in [4.78, 5) is 13.9. The lowest BCUT2D eigenvalue weighted by Gasteiger charge is -2.23. The van der Waals surface area contributed by atoms with Crippen LogP contribution in [0.5, 0.6) is 5.75 Å². The molecule has 0 bridgehead atoms. The molecule has 1 aromatic carbocycles. The average molecular weight is 456 g/mol. The molecule has 174 valence electrons. The van der Waals surface area contributed by atoms with Gasteiger partial charge in [-0.2, -0.15) is 5.26 Å². The molecule has 0 radical (unpaired) electrons. The third-order valence-corrected chi connectivity index (χ3v) is 6.56. The Balaban J connectivity index is 1.29. The number of benzene rings is 1. The fourth-order valence-electron chi connectivity index (χ4n) is 4.60. The van der Waals surface area contributed by atoms with Crippen molar-refractivity contribution >= 4 is 0 Å². The van der Waals surface area contributed by atoms with E-state index >= 15 is 0 Å². The third-order valence-electron chi connectivity index (χ3n) is 6.56. The van der Waals surface area contributed by atoms with Crippen LogP contribution in [0.4, 0.5) is 0 Å². The lowest BCUT2D eigenvalue weighted by molar-refractivity contribution is 0.0254. The van der Waals surface area contributed by atoms with Gasteiger partial charge in [0.05, 0.1) is 30.2 Å². The van der Waals surface area contributed by atoms with Gasteiger partial charge in [-0.3, -0.25) is 15.0 Å². The summed E-state index contributed by atoms with van der Waals surface area (Å²) in [7, 11) is 0. The lowest BCUT2D eigenvalue weighted by atomic mass is 9.95. The van der Waals surface area contributed by atoms with Crippen molar-refractivity contribution in [3.05, 3.63) is 71.6 Å². The molecule has 0 amide bonds. The zero-order valence-corrected chi connectivity index (χ0v) is 19.2.